The van der Waals surface area contributed by atoms with Crippen molar-refractivity contribution in [3.8, 4) is 0 Å². The lowest BCUT2D eigenvalue weighted by molar-refractivity contribution is 0.280. The summed E-state index contributed by atoms with van der Waals surface area (Å²) in [6.45, 7) is 12.9. The van der Waals surface area contributed by atoms with E-state index in [9.17, 15) is 0 Å². The van der Waals surface area contributed by atoms with Crippen molar-refractivity contribution < 1.29 is 0 Å². The zero-order valence-corrected chi connectivity index (χ0v) is 13.1. The standard InChI is InChI=1S/C14H30N2S/c1-6-14(7-2,17-5)11-16-9-8-13(10-16)15-12(3)4/h12-13,15H,6-11H2,1-5H3. The highest BCUT2D eigenvalue weighted by molar-refractivity contribution is 8.00. The normalized spacial score (nSPS) is 22.6. The Kier molecular flexibility index (Phi) is 6.32. The van der Waals surface area contributed by atoms with Crippen LogP contribution >= 0.6 is 11.8 Å². The molecule has 1 rings (SSSR count). The van der Waals surface area contributed by atoms with E-state index in [-0.39, 0.29) is 0 Å². The molecule has 0 bridgehead atoms. The summed E-state index contributed by atoms with van der Waals surface area (Å²) in [6.07, 6.45) is 6.15. The average Bonchev–Trinajstić information content (AvgIpc) is 2.72. The molecule has 0 aromatic rings. The number of hydrogen-bond donors (Lipinski definition) is 1. The quantitative estimate of drug-likeness (QED) is 0.756. The minimum atomic E-state index is 0.479. The summed E-state index contributed by atoms with van der Waals surface area (Å²) < 4.78 is 0.479. The fourth-order valence-corrected chi connectivity index (χ4v) is 3.71. The smallest absolute Gasteiger partial charge is 0.0279 e. The van der Waals surface area contributed by atoms with Crippen LogP contribution < -0.4 is 5.32 Å². The van der Waals surface area contributed by atoms with Crippen LogP contribution in [0, 0.1) is 0 Å². The molecule has 0 saturated carbocycles. The molecule has 0 aromatic carbocycles. The monoisotopic (exact) mass is 258 g/mol. The minimum Gasteiger partial charge on any atom is -0.310 e. The Labute approximate surface area is 112 Å². The Hall–Kier alpha value is 0.270. The maximum Gasteiger partial charge on any atom is 0.0279 e. The lowest BCUT2D eigenvalue weighted by Gasteiger charge is -2.34. The van der Waals surface area contributed by atoms with Gasteiger partial charge in [-0.2, -0.15) is 11.8 Å². The van der Waals surface area contributed by atoms with Crippen LogP contribution in [0.1, 0.15) is 47.0 Å². The van der Waals surface area contributed by atoms with Crippen LogP contribution in [0.2, 0.25) is 0 Å². The van der Waals surface area contributed by atoms with E-state index >= 15 is 0 Å². The van der Waals surface area contributed by atoms with Crippen molar-refractivity contribution in [1.82, 2.24) is 10.2 Å². The molecule has 1 fully saturated rings. The maximum absolute atomic E-state index is 3.66. The third-order valence-electron chi connectivity index (χ3n) is 4.07. The van der Waals surface area contributed by atoms with Gasteiger partial charge in [-0.05, 0) is 32.1 Å². The molecule has 1 N–H and O–H groups in total. The van der Waals surface area contributed by atoms with Crippen LogP contribution in [0.15, 0.2) is 0 Å². The van der Waals surface area contributed by atoms with Crippen LogP contribution in [0.3, 0.4) is 0 Å². The van der Waals surface area contributed by atoms with Crippen molar-refractivity contribution in [2.24, 2.45) is 0 Å². The number of rotatable bonds is 7. The van der Waals surface area contributed by atoms with E-state index in [1.165, 1.54) is 38.9 Å². The number of nitrogens with zero attached hydrogens (tertiary/aromatic N) is 1. The van der Waals surface area contributed by atoms with Gasteiger partial charge in [0.15, 0.2) is 0 Å². The summed E-state index contributed by atoms with van der Waals surface area (Å²) in [6, 6.07) is 1.32. The van der Waals surface area contributed by atoms with E-state index in [0.29, 0.717) is 16.8 Å². The topological polar surface area (TPSA) is 15.3 Å². The predicted octanol–water partition coefficient (Wildman–Crippen LogP) is 2.98. The third-order valence-corrected chi connectivity index (χ3v) is 5.65. The number of nitrogens with one attached hydrogen (secondary N) is 1. The fraction of sp³-hybridized carbons (Fsp3) is 1.00. The SMILES string of the molecule is CCC(CC)(CN1CCC(NC(C)C)C1)SC. The van der Waals surface area contributed by atoms with E-state index in [0.717, 1.165) is 0 Å². The van der Waals surface area contributed by atoms with Gasteiger partial charge >= 0.3 is 0 Å². The molecule has 1 heterocycles. The summed E-state index contributed by atoms with van der Waals surface area (Å²) in [5.41, 5.74) is 0. The van der Waals surface area contributed by atoms with E-state index in [1.54, 1.807) is 0 Å². The molecule has 2 nitrogen and oxygen atoms in total. The minimum absolute atomic E-state index is 0.479. The van der Waals surface area contributed by atoms with E-state index < -0.39 is 0 Å². The molecule has 0 aliphatic carbocycles. The number of hydrogen-bond acceptors (Lipinski definition) is 3. The van der Waals surface area contributed by atoms with E-state index in [2.05, 4.69) is 55.9 Å². The van der Waals surface area contributed by atoms with Gasteiger partial charge in [0.05, 0.1) is 0 Å². The van der Waals surface area contributed by atoms with Gasteiger partial charge in [-0.3, -0.25) is 0 Å². The number of thioether (sulfide) groups is 1. The molecule has 1 aliphatic rings. The molecule has 0 amide bonds. The lowest BCUT2D eigenvalue weighted by Crippen LogP contribution is -2.41. The Morgan fingerprint density at radius 3 is 2.47 bits per heavy atom. The fourth-order valence-electron chi connectivity index (χ4n) is 2.82. The van der Waals surface area contributed by atoms with Gasteiger partial charge in [-0.15, -0.1) is 0 Å². The van der Waals surface area contributed by atoms with Gasteiger partial charge in [-0.25, -0.2) is 0 Å². The predicted molar refractivity (Wildman–Crippen MR) is 79.9 cm³/mol. The molecule has 3 heteroatoms. The molecule has 0 aromatic heterocycles. The van der Waals surface area contributed by atoms with Gasteiger partial charge in [0.1, 0.15) is 0 Å². The molecular formula is C14H30N2S. The zero-order valence-electron chi connectivity index (χ0n) is 12.3. The molecule has 17 heavy (non-hydrogen) atoms. The first-order chi connectivity index (χ1) is 8.05. The largest absolute Gasteiger partial charge is 0.310 e. The molecule has 1 saturated heterocycles. The summed E-state index contributed by atoms with van der Waals surface area (Å²) in [5, 5.41) is 3.66. The van der Waals surface area contributed by atoms with Gasteiger partial charge in [0.2, 0.25) is 0 Å². The van der Waals surface area contributed by atoms with Crippen molar-refractivity contribution in [2.75, 3.05) is 25.9 Å². The van der Waals surface area contributed by atoms with Crippen LogP contribution in [0.25, 0.3) is 0 Å². The average molecular weight is 258 g/mol. The molecule has 102 valence electrons. The lowest BCUT2D eigenvalue weighted by atomic mass is 10.0. The second-order valence-corrected chi connectivity index (χ2v) is 6.91. The van der Waals surface area contributed by atoms with Crippen molar-refractivity contribution in [3.63, 3.8) is 0 Å². The summed E-state index contributed by atoms with van der Waals surface area (Å²) in [5.74, 6) is 0. The summed E-state index contributed by atoms with van der Waals surface area (Å²) in [7, 11) is 0. The Balaban J connectivity index is 2.43. The Morgan fingerprint density at radius 2 is 2.00 bits per heavy atom. The molecule has 1 atom stereocenters. The van der Waals surface area contributed by atoms with Gasteiger partial charge < -0.3 is 10.2 Å². The van der Waals surface area contributed by atoms with E-state index in [1.807, 2.05) is 0 Å². The summed E-state index contributed by atoms with van der Waals surface area (Å²) >= 11 is 2.06. The van der Waals surface area contributed by atoms with Crippen molar-refractivity contribution >= 4 is 11.8 Å². The first-order valence-corrected chi connectivity index (χ1v) is 8.31. The van der Waals surface area contributed by atoms with Crippen LogP contribution in [-0.4, -0.2) is 47.6 Å². The van der Waals surface area contributed by atoms with Crippen LogP contribution in [-0.2, 0) is 0 Å². The molecule has 1 aliphatic heterocycles. The van der Waals surface area contributed by atoms with Gasteiger partial charge in [0, 0.05) is 29.9 Å². The van der Waals surface area contributed by atoms with Crippen LogP contribution in [0.5, 0.6) is 0 Å². The number of likely N-dealkylation sites (tertiary alicyclic amines) is 1. The highest BCUT2D eigenvalue weighted by Gasteiger charge is 2.31. The van der Waals surface area contributed by atoms with Gasteiger partial charge in [0.25, 0.3) is 0 Å². The van der Waals surface area contributed by atoms with Crippen molar-refractivity contribution in [1.29, 1.82) is 0 Å². The van der Waals surface area contributed by atoms with E-state index in [4.69, 9.17) is 0 Å². The van der Waals surface area contributed by atoms with Crippen molar-refractivity contribution in [2.45, 2.75) is 63.8 Å². The highest BCUT2D eigenvalue weighted by Crippen LogP contribution is 2.32. The highest BCUT2D eigenvalue weighted by atomic mass is 32.2. The molecule has 0 spiro atoms. The second-order valence-electron chi connectivity index (χ2n) is 5.64. The first kappa shape index (κ1) is 15.3. The second kappa shape index (κ2) is 7.01. The molecule has 0 radical (unpaired) electrons. The zero-order chi connectivity index (χ0) is 12.9. The third kappa shape index (κ3) is 4.46. The first-order valence-electron chi connectivity index (χ1n) is 7.08. The van der Waals surface area contributed by atoms with Crippen molar-refractivity contribution in [3.05, 3.63) is 0 Å². The van der Waals surface area contributed by atoms with Crippen LogP contribution in [0.4, 0.5) is 0 Å². The molecular weight excluding hydrogens is 228 g/mol. The Morgan fingerprint density at radius 1 is 1.35 bits per heavy atom. The molecule has 1 unspecified atom stereocenters. The summed E-state index contributed by atoms with van der Waals surface area (Å²) in [4.78, 5) is 2.66. The maximum atomic E-state index is 3.66. The Bertz CT molecular complexity index is 206. The van der Waals surface area contributed by atoms with Gasteiger partial charge in [-0.1, -0.05) is 27.7 Å².